The lowest BCUT2D eigenvalue weighted by atomic mass is 9.95. The number of pyridine rings is 2. The average Bonchev–Trinajstić information content (AvgIpc) is 2.77. The van der Waals surface area contributed by atoms with Crippen molar-refractivity contribution in [2.45, 2.75) is 39.2 Å². The van der Waals surface area contributed by atoms with Crippen LogP contribution >= 0.6 is 0 Å². The fourth-order valence-electron chi connectivity index (χ4n) is 4.25. The first kappa shape index (κ1) is 20.9. The van der Waals surface area contributed by atoms with Gasteiger partial charge in [0.15, 0.2) is 0 Å². The SMILES string of the molecule is CC(C)c1cccc(O[C@H]2CCN(c3cc(=O)n(C)c4ccc(C#N)nc34)C[C@H]2C)c1. The smallest absolute Gasteiger partial charge is 0.252 e. The fraction of sp³-hybridized carbons (Fsp3) is 0.400. The summed E-state index contributed by atoms with van der Waals surface area (Å²) in [5.74, 6) is 1.65. The van der Waals surface area contributed by atoms with Gasteiger partial charge in [0.1, 0.15) is 29.1 Å². The first-order chi connectivity index (χ1) is 14.9. The summed E-state index contributed by atoms with van der Waals surface area (Å²) in [6, 6.07) is 15.5. The molecule has 2 atom stereocenters. The molecule has 0 amide bonds. The van der Waals surface area contributed by atoms with Crippen molar-refractivity contribution >= 4 is 16.7 Å². The van der Waals surface area contributed by atoms with E-state index in [4.69, 9.17) is 4.74 Å². The molecule has 1 aliphatic heterocycles. The van der Waals surface area contributed by atoms with Crippen LogP contribution in [0.2, 0.25) is 0 Å². The highest BCUT2D eigenvalue weighted by atomic mass is 16.5. The van der Waals surface area contributed by atoms with Crippen LogP contribution < -0.4 is 15.2 Å². The Bertz CT molecular complexity index is 1210. The van der Waals surface area contributed by atoms with Crippen molar-refractivity contribution in [1.29, 1.82) is 5.26 Å². The monoisotopic (exact) mass is 416 g/mol. The van der Waals surface area contributed by atoms with Gasteiger partial charge >= 0.3 is 0 Å². The van der Waals surface area contributed by atoms with Crippen LogP contribution in [-0.2, 0) is 7.05 Å². The largest absolute Gasteiger partial charge is 0.490 e. The molecule has 0 bridgehead atoms. The summed E-state index contributed by atoms with van der Waals surface area (Å²) in [6.45, 7) is 8.07. The molecule has 1 aliphatic rings. The number of aryl methyl sites for hydroxylation is 1. The summed E-state index contributed by atoms with van der Waals surface area (Å²) in [5.41, 5.74) is 3.76. The Morgan fingerprint density at radius 2 is 2.03 bits per heavy atom. The van der Waals surface area contributed by atoms with Crippen molar-refractivity contribution in [2.24, 2.45) is 13.0 Å². The normalized spacial score (nSPS) is 18.9. The zero-order valence-electron chi connectivity index (χ0n) is 18.5. The number of piperidine rings is 1. The number of hydrogen-bond donors (Lipinski definition) is 0. The van der Waals surface area contributed by atoms with Gasteiger partial charge in [-0.25, -0.2) is 4.98 Å². The molecular weight excluding hydrogens is 388 g/mol. The molecule has 4 rings (SSSR count). The molecule has 0 aliphatic carbocycles. The molecule has 1 fully saturated rings. The third-order valence-electron chi connectivity index (χ3n) is 6.16. The molecule has 0 radical (unpaired) electrons. The summed E-state index contributed by atoms with van der Waals surface area (Å²) in [4.78, 5) is 19.3. The van der Waals surface area contributed by atoms with E-state index in [1.165, 1.54) is 5.56 Å². The van der Waals surface area contributed by atoms with Crippen LogP contribution in [-0.4, -0.2) is 28.7 Å². The van der Waals surface area contributed by atoms with Crippen LogP contribution in [0.15, 0.2) is 47.3 Å². The summed E-state index contributed by atoms with van der Waals surface area (Å²) in [7, 11) is 1.73. The van der Waals surface area contributed by atoms with E-state index in [0.717, 1.165) is 36.5 Å². The van der Waals surface area contributed by atoms with Gasteiger partial charge in [0.05, 0.1) is 11.2 Å². The number of ether oxygens (including phenoxy) is 1. The Morgan fingerprint density at radius 3 is 2.74 bits per heavy atom. The molecule has 1 saturated heterocycles. The quantitative estimate of drug-likeness (QED) is 0.637. The number of anilines is 1. The van der Waals surface area contributed by atoms with E-state index >= 15 is 0 Å². The van der Waals surface area contributed by atoms with Crippen LogP contribution in [0.4, 0.5) is 5.69 Å². The maximum absolute atomic E-state index is 12.5. The van der Waals surface area contributed by atoms with Crippen molar-refractivity contribution in [2.75, 3.05) is 18.0 Å². The van der Waals surface area contributed by atoms with Gasteiger partial charge in [0, 0.05) is 38.5 Å². The van der Waals surface area contributed by atoms with Gasteiger partial charge in [-0.3, -0.25) is 4.79 Å². The van der Waals surface area contributed by atoms with E-state index < -0.39 is 0 Å². The highest BCUT2D eigenvalue weighted by Gasteiger charge is 2.29. The first-order valence-corrected chi connectivity index (χ1v) is 10.8. The number of benzene rings is 1. The maximum Gasteiger partial charge on any atom is 0.252 e. The molecule has 2 aromatic heterocycles. The molecule has 160 valence electrons. The number of aromatic nitrogens is 2. The molecular formula is C25H28N4O2. The minimum absolute atomic E-state index is 0.0782. The van der Waals surface area contributed by atoms with Crippen molar-refractivity contribution in [3.8, 4) is 11.8 Å². The van der Waals surface area contributed by atoms with Gasteiger partial charge in [0.25, 0.3) is 5.56 Å². The van der Waals surface area contributed by atoms with E-state index in [9.17, 15) is 10.1 Å². The Labute approximate surface area is 182 Å². The molecule has 6 nitrogen and oxygen atoms in total. The standard InChI is InChI=1S/C25H28N4O2/c1-16(2)18-6-5-7-20(12-18)31-23-10-11-29(15-17(23)3)22-13-24(30)28(4)21-9-8-19(14-26)27-25(21)22/h5-9,12-13,16-17,23H,10-11,15H2,1-4H3/t17-,23+/m1/s1. The van der Waals surface area contributed by atoms with Gasteiger partial charge < -0.3 is 14.2 Å². The summed E-state index contributed by atoms with van der Waals surface area (Å²) in [5, 5.41) is 9.28. The Balaban J connectivity index is 1.59. The predicted octanol–water partition coefficient (Wildman–Crippen LogP) is 4.22. The second-order valence-electron chi connectivity index (χ2n) is 8.70. The Morgan fingerprint density at radius 1 is 1.23 bits per heavy atom. The zero-order valence-corrected chi connectivity index (χ0v) is 18.5. The van der Waals surface area contributed by atoms with Gasteiger partial charge in [0.2, 0.25) is 0 Å². The van der Waals surface area contributed by atoms with E-state index in [2.05, 4.69) is 54.9 Å². The van der Waals surface area contributed by atoms with Crippen LogP contribution in [0.1, 0.15) is 44.4 Å². The summed E-state index contributed by atoms with van der Waals surface area (Å²) in [6.07, 6.45) is 0.959. The van der Waals surface area contributed by atoms with Crippen LogP contribution in [0.25, 0.3) is 11.0 Å². The van der Waals surface area contributed by atoms with Gasteiger partial charge in [-0.2, -0.15) is 5.26 Å². The van der Waals surface area contributed by atoms with Gasteiger partial charge in [-0.05, 0) is 35.7 Å². The van der Waals surface area contributed by atoms with Crippen molar-refractivity contribution in [3.05, 3.63) is 64.1 Å². The number of rotatable bonds is 4. The van der Waals surface area contributed by atoms with Crippen molar-refractivity contribution < 1.29 is 4.74 Å². The molecule has 6 heteroatoms. The zero-order chi connectivity index (χ0) is 22.1. The molecule has 1 aromatic carbocycles. The van der Waals surface area contributed by atoms with Crippen LogP contribution in [0.3, 0.4) is 0 Å². The summed E-state index contributed by atoms with van der Waals surface area (Å²) >= 11 is 0. The highest BCUT2D eigenvalue weighted by Crippen LogP contribution is 2.30. The van der Waals surface area contributed by atoms with E-state index in [1.54, 1.807) is 29.8 Å². The Kier molecular flexibility index (Phi) is 5.69. The Hall–Kier alpha value is -3.33. The van der Waals surface area contributed by atoms with E-state index in [-0.39, 0.29) is 17.6 Å². The molecule has 3 aromatic rings. The lowest BCUT2D eigenvalue weighted by molar-refractivity contribution is 0.121. The number of nitrogens with zero attached hydrogens (tertiary/aromatic N) is 4. The number of hydrogen-bond acceptors (Lipinski definition) is 5. The maximum atomic E-state index is 12.5. The third kappa shape index (κ3) is 4.13. The van der Waals surface area contributed by atoms with Crippen LogP contribution in [0, 0.1) is 17.2 Å². The second kappa shape index (κ2) is 8.43. The van der Waals surface area contributed by atoms with E-state index in [1.807, 2.05) is 6.07 Å². The van der Waals surface area contributed by atoms with Gasteiger partial charge in [-0.15, -0.1) is 0 Å². The minimum Gasteiger partial charge on any atom is -0.490 e. The van der Waals surface area contributed by atoms with Crippen molar-refractivity contribution in [1.82, 2.24) is 9.55 Å². The summed E-state index contributed by atoms with van der Waals surface area (Å²) < 4.78 is 7.94. The number of fused-ring (bicyclic) bond motifs is 1. The molecule has 0 saturated carbocycles. The predicted molar refractivity (Wildman–Crippen MR) is 123 cm³/mol. The lowest BCUT2D eigenvalue weighted by Crippen LogP contribution is -2.45. The molecule has 0 N–H and O–H groups in total. The lowest BCUT2D eigenvalue weighted by Gasteiger charge is -2.38. The minimum atomic E-state index is -0.0782. The molecule has 3 heterocycles. The number of nitriles is 1. The average molecular weight is 417 g/mol. The fourth-order valence-corrected chi connectivity index (χ4v) is 4.25. The topological polar surface area (TPSA) is 71.2 Å². The third-order valence-corrected chi connectivity index (χ3v) is 6.16. The van der Waals surface area contributed by atoms with Gasteiger partial charge in [-0.1, -0.05) is 32.9 Å². The highest BCUT2D eigenvalue weighted by molar-refractivity contribution is 5.88. The molecule has 31 heavy (non-hydrogen) atoms. The van der Waals surface area contributed by atoms with E-state index in [0.29, 0.717) is 17.1 Å². The molecule has 0 unspecified atom stereocenters. The van der Waals surface area contributed by atoms with Crippen molar-refractivity contribution in [3.63, 3.8) is 0 Å². The van der Waals surface area contributed by atoms with Crippen LogP contribution in [0.5, 0.6) is 5.75 Å². The molecule has 0 spiro atoms. The second-order valence-corrected chi connectivity index (χ2v) is 8.70. The first-order valence-electron chi connectivity index (χ1n) is 10.8.